The van der Waals surface area contributed by atoms with Crippen molar-refractivity contribution in [1.29, 1.82) is 0 Å². The molecule has 1 aromatic heterocycles. The number of rotatable bonds is 5. The van der Waals surface area contributed by atoms with E-state index >= 15 is 0 Å². The Morgan fingerprint density at radius 1 is 1.55 bits per heavy atom. The first-order valence-electron chi connectivity index (χ1n) is 6.26. The first kappa shape index (κ1) is 14.5. The van der Waals surface area contributed by atoms with Gasteiger partial charge in [-0.15, -0.1) is 0 Å². The van der Waals surface area contributed by atoms with E-state index in [9.17, 15) is 10.1 Å². The van der Waals surface area contributed by atoms with Gasteiger partial charge in [0.25, 0.3) is 5.69 Å². The number of nitro groups is 1. The number of imidazole rings is 1. The van der Waals surface area contributed by atoms with Gasteiger partial charge in [-0.1, -0.05) is 24.6 Å². The van der Waals surface area contributed by atoms with E-state index in [4.69, 9.17) is 17.3 Å². The topological polar surface area (TPSA) is 97.8 Å². The molecule has 2 rings (SSSR count). The first-order valence-corrected chi connectivity index (χ1v) is 6.63. The number of aromatic nitrogens is 2. The number of H-pyrrole nitrogens is 1. The molecule has 20 heavy (non-hydrogen) atoms. The van der Waals surface area contributed by atoms with Crippen LogP contribution < -0.4 is 5.73 Å². The number of nitrogens with two attached hydrogens (primary N) is 1. The average Bonchev–Trinajstić information content (AvgIpc) is 2.90. The van der Waals surface area contributed by atoms with Crippen LogP contribution in [0, 0.1) is 10.1 Å². The van der Waals surface area contributed by atoms with Crippen molar-refractivity contribution in [2.75, 3.05) is 6.54 Å². The van der Waals surface area contributed by atoms with Gasteiger partial charge in [-0.2, -0.15) is 0 Å². The Labute approximate surface area is 121 Å². The molecule has 7 heteroatoms. The third-order valence-electron chi connectivity index (χ3n) is 3.21. The highest BCUT2D eigenvalue weighted by atomic mass is 35.5. The van der Waals surface area contributed by atoms with E-state index in [0.717, 1.165) is 12.2 Å². The zero-order valence-electron chi connectivity index (χ0n) is 11.0. The fraction of sp³-hybridized carbons (Fsp3) is 0.308. The van der Waals surface area contributed by atoms with Gasteiger partial charge in [0.05, 0.1) is 16.8 Å². The van der Waals surface area contributed by atoms with E-state index in [1.54, 1.807) is 12.3 Å². The molecule has 0 aliphatic heterocycles. The van der Waals surface area contributed by atoms with Gasteiger partial charge in [0.15, 0.2) is 0 Å². The second kappa shape index (κ2) is 6.02. The maximum atomic E-state index is 10.9. The Morgan fingerprint density at radius 2 is 2.30 bits per heavy atom. The van der Waals surface area contributed by atoms with Crippen molar-refractivity contribution in [3.05, 3.63) is 45.4 Å². The predicted molar refractivity (Wildman–Crippen MR) is 77.8 cm³/mol. The van der Waals surface area contributed by atoms with Crippen molar-refractivity contribution in [2.24, 2.45) is 5.73 Å². The third kappa shape index (κ3) is 2.81. The highest BCUT2D eigenvalue weighted by Gasteiger charge is 2.16. The molecule has 0 radical (unpaired) electrons. The molecule has 6 nitrogen and oxygen atoms in total. The number of nitro benzene ring substituents is 1. The number of nitrogens with zero attached hydrogens (tertiary/aromatic N) is 2. The monoisotopic (exact) mass is 294 g/mol. The van der Waals surface area contributed by atoms with E-state index < -0.39 is 4.92 Å². The summed E-state index contributed by atoms with van der Waals surface area (Å²) in [5, 5.41) is 11.0. The van der Waals surface area contributed by atoms with Gasteiger partial charge in [-0.25, -0.2) is 4.98 Å². The molecule has 1 atom stereocenters. The normalized spacial score (nSPS) is 12.3. The molecule has 1 unspecified atom stereocenters. The minimum atomic E-state index is -0.502. The highest BCUT2D eigenvalue weighted by Crippen LogP contribution is 2.30. The molecule has 0 fully saturated rings. The van der Waals surface area contributed by atoms with Crippen molar-refractivity contribution in [1.82, 2.24) is 9.97 Å². The summed E-state index contributed by atoms with van der Waals surface area (Å²) in [4.78, 5) is 17.8. The van der Waals surface area contributed by atoms with Crippen LogP contribution in [0.4, 0.5) is 5.69 Å². The van der Waals surface area contributed by atoms with Crippen molar-refractivity contribution in [3.8, 4) is 11.3 Å². The second-order valence-corrected chi connectivity index (χ2v) is 4.85. The van der Waals surface area contributed by atoms with Crippen molar-refractivity contribution >= 4 is 17.3 Å². The Hall–Kier alpha value is -1.92. The lowest BCUT2D eigenvalue weighted by Crippen LogP contribution is -2.12. The van der Waals surface area contributed by atoms with Crippen LogP contribution in [-0.2, 0) is 0 Å². The van der Waals surface area contributed by atoms with Crippen molar-refractivity contribution in [3.63, 3.8) is 0 Å². The molecule has 1 aromatic carbocycles. The standard InChI is InChI=1S/C13H15ClN4O2/c1-2-8(6-15)13-16-7-11(17-13)9-3-4-10(14)12(5-9)18(19)20/h3-5,7-8H,2,6,15H2,1H3,(H,16,17). The van der Waals surface area contributed by atoms with Gasteiger partial charge < -0.3 is 10.7 Å². The molecule has 0 saturated heterocycles. The lowest BCUT2D eigenvalue weighted by atomic mass is 10.1. The number of hydrogen-bond acceptors (Lipinski definition) is 4. The molecule has 2 aromatic rings. The summed E-state index contributed by atoms with van der Waals surface area (Å²) in [6.07, 6.45) is 2.53. The molecule has 0 aliphatic rings. The molecular formula is C13H15ClN4O2. The summed E-state index contributed by atoms with van der Waals surface area (Å²) in [6.45, 7) is 2.54. The fourth-order valence-electron chi connectivity index (χ4n) is 1.98. The van der Waals surface area contributed by atoms with E-state index in [-0.39, 0.29) is 16.6 Å². The van der Waals surface area contributed by atoms with Gasteiger partial charge in [0.2, 0.25) is 0 Å². The summed E-state index contributed by atoms with van der Waals surface area (Å²) in [5.41, 5.74) is 6.95. The maximum absolute atomic E-state index is 10.9. The predicted octanol–water partition coefficient (Wildman–Crippen LogP) is 3.09. The number of aromatic amines is 1. The smallest absolute Gasteiger partial charge is 0.288 e. The fourth-order valence-corrected chi connectivity index (χ4v) is 2.17. The summed E-state index contributed by atoms with van der Waals surface area (Å²) >= 11 is 5.80. The van der Waals surface area contributed by atoms with Gasteiger partial charge in [0, 0.05) is 24.1 Å². The largest absolute Gasteiger partial charge is 0.342 e. The first-order chi connectivity index (χ1) is 9.56. The summed E-state index contributed by atoms with van der Waals surface area (Å²) < 4.78 is 0. The quantitative estimate of drug-likeness (QED) is 0.654. The minimum Gasteiger partial charge on any atom is -0.342 e. The molecule has 0 aliphatic carbocycles. The summed E-state index contributed by atoms with van der Waals surface area (Å²) in [7, 11) is 0. The van der Waals surface area contributed by atoms with Crippen molar-refractivity contribution in [2.45, 2.75) is 19.3 Å². The lowest BCUT2D eigenvalue weighted by Gasteiger charge is -2.07. The van der Waals surface area contributed by atoms with Crippen LogP contribution in [0.2, 0.25) is 5.02 Å². The molecule has 0 saturated carbocycles. The van der Waals surface area contributed by atoms with Crippen LogP contribution in [0.5, 0.6) is 0 Å². The lowest BCUT2D eigenvalue weighted by molar-refractivity contribution is -0.384. The number of hydrogen-bond donors (Lipinski definition) is 2. The summed E-state index contributed by atoms with van der Waals surface area (Å²) in [5.74, 6) is 0.952. The third-order valence-corrected chi connectivity index (χ3v) is 3.53. The van der Waals surface area contributed by atoms with Gasteiger partial charge in [0.1, 0.15) is 10.8 Å². The number of halogens is 1. The minimum absolute atomic E-state index is 0.117. The van der Waals surface area contributed by atoms with Crippen molar-refractivity contribution < 1.29 is 4.92 Å². The second-order valence-electron chi connectivity index (χ2n) is 4.45. The number of nitrogens with one attached hydrogen (secondary N) is 1. The van der Waals surface area contributed by atoms with Crippen LogP contribution >= 0.6 is 11.6 Å². The van der Waals surface area contributed by atoms with Crippen LogP contribution in [0.25, 0.3) is 11.3 Å². The van der Waals surface area contributed by atoms with E-state index in [2.05, 4.69) is 9.97 Å². The molecule has 0 spiro atoms. The van der Waals surface area contributed by atoms with Crippen LogP contribution in [0.15, 0.2) is 24.4 Å². The van der Waals surface area contributed by atoms with E-state index in [1.807, 2.05) is 6.92 Å². The molecule has 0 bridgehead atoms. The Kier molecular flexibility index (Phi) is 4.36. The highest BCUT2D eigenvalue weighted by molar-refractivity contribution is 6.32. The molecule has 106 valence electrons. The molecule has 3 N–H and O–H groups in total. The van der Waals surface area contributed by atoms with E-state index in [1.165, 1.54) is 12.1 Å². The molecule has 1 heterocycles. The van der Waals surface area contributed by atoms with Gasteiger partial charge >= 0.3 is 0 Å². The van der Waals surface area contributed by atoms with Crippen LogP contribution in [-0.4, -0.2) is 21.4 Å². The van der Waals surface area contributed by atoms with Gasteiger partial charge in [-0.05, 0) is 12.5 Å². The summed E-state index contributed by atoms with van der Waals surface area (Å²) in [6, 6.07) is 4.66. The Balaban J connectivity index is 2.37. The van der Waals surface area contributed by atoms with Crippen LogP contribution in [0.1, 0.15) is 25.1 Å². The zero-order chi connectivity index (χ0) is 14.7. The van der Waals surface area contributed by atoms with Gasteiger partial charge in [-0.3, -0.25) is 10.1 Å². The molecular weight excluding hydrogens is 280 g/mol. The SMILES string of the molecule is CCC(CN)c1ncc(-c2ccc(Cl)c([N+](=O)[O-])c2)[nH]1. The Morgan fingerprint density at radius 3 is 2.90 bits per heavy atom. The zero-order valence-corrected chi connectivity index (χ0v) is 11.7. The Bertz CT molecular complexity index is 623. The maximum Gasteiger partial charge on any atom is 0.288 e. The van der Waals surface area contributed by atoms with E-state index in [0.29, 0.717) is 17.8 Å². The average molecular weight is 295 g/mol. The molecule has 0 amide bonds. The van der Waals surface area contributed by atoms with Crippen LogP contribution in [0.3, 0.4) is 0 Å². The number of benzene rings is 1.